The number of guanidine groups is 1. The molecule has 0 heterocycles. The highest BCUT2D eigenvalue weighted by molar-refractivity contribution is 6.01. The lowest BCUT2D eigenvalue weighted by atomic mass is 10.2. The number of carbonyl (C=O) groups is 2. The second-order valence-corrected chi connectivity index (χ2v) is 7.77. The summed E-state index contributed by atoms with van der Waals surface area (Å²) in [7, 11) is 1.58. The molecular weight excluding hydrogens is 350 g/mol. The average Bonchev–Trinajstić information content (AvgIpc) is 2.49. The zero-order chi connectivity index (χ0) is 20.7. The number of hydrogen-bond donors (Lipinski definition) is 2. The van der Waals surface area contributed by atoms with Gasteiger partial charge >= 0.3 is 12.2 Å². The quantitative estimate of drug-likeness (QED) is 0.618. The van der Waals surface area contributed by atoms with Crippen LogP contribution in [-0.4, -0.2) is 36.5 Å². The Bertz CT molecular complexity index is 638. The summed E-state index contributed by atoms with van der Waals surface area (Å²) in [5, 5.41) is 4.87. The summed E-state index contributed by atoms with van der Waals surface area (Å²) in [6.07, 6.45) is -1.46. The Balaban J connectivity index is 2.87. The van der Waals surface area contributed by atoms with Crippen LogP contribution in [-0.2, 0) is 16.0 Å². The highest BCUT2D eigenvalue weighted by Gasteiger charge is 2.21. The number of methoxy groups -OCH3 is 1. The van der Waals surface area contributed by atoms with E-state index in [1.165, 1.54) is 0 Å². The average molecular weight is 379 g/mol. The number of ether oxygens (including phenoxy) is 3. The third-order valence-corrected chi connectivity index (χ3v) is 2.82. The first-order valence-electron chi connectivity index (χ1n) is 8.55. The molecule has 150 valence electrons. The normalized spacial score (nSPS) is 11.2. The topological polar surface area (TPSA) is 98.3 Å². The van der Waals surface area contributed by atoms with Crippen LogP contribution in [0, 0.1) is 0 Å². The van der Waals surface area contributed by atoms with Gasteiger partial charge in [-0.05, 0) is 59.2 Å². The molecule has 8 heteroatoms. The highest BCUT2D eigenvalue weighted by atomic mass is 16.6. The van der Waals surface area contributed by atoms with Gasteiger partial charge in [0.1, 0.15) is 17.0 Å². The number of rotatable bonds is 3. The van der Waals surface area contributed by atoms with Crippen LogP contribution in [0.15, 0.2) is 29.3 Å². The minimum absolute atomic E-state index is 0.0608. The number of hydrogen-bond acceptors (Lipinski definition) is 6. The van der Waals surface area contributed by atoms with Crippen molar-refractivity contribution >= 4 is 18.1 Å². The van der Waals surface area contributed by atoms with Gasteiger partial charge in [0, 0.05) is 0 Å². The van der Waals surface area contributed by atoms with E-state index in [0.29, 0.717) is 0 Å². The van der Waals surface area contributed by atoms with E-state index in [0.717, 1.165) is 11.3 Å². The van der Waals surface area contributed by atoms with E-state index in [2.05, 4.69) is 15.6 Å². The molecule has 2 amide bonds. The lowest BCUT2D eigenvalue weighted by molar-refractivity contribution is 0.0545. The number of carbonyl (C=O) groups excluding carboxylic acids is 2. The number of amides is 2. The molecule has 0 aliphatic rings. The van der Waals surface area contributed by atoms with Crippen molar-refractivity contribution in [2.45, 2.75) is 59.3 Å². The van der Waals surface area contributed by atoms with Crippen LogP contribution in [0.1, 0.15) is 47.1 Å². The summed E-state index contributed by atoms with van der Waals surface area (Å²) in [5.74, 6) is 0.663. The molecule has 0 spiro atoms. The van der Waals surface area contributed by atoms with Gasteiger partial charge in [-0.2, -0.15) is 0 Å². The predicted molar refractivity (Wildman–Crippen MR) is 103 cm³/mol. The van der Waals surface area contributed by atoms with Gasteiger partial charge in [0.25, 0.3) is 0 Å². The monoisotopic (exact) mass is 379 g/mol. The fourth-order valence-corrected chi connectivity index (χ4v) is 1.81. The Hall–Kier alpha value is -2.77. The van der Waals surface area contributed by atoms with Gasteiger partial charge in [-0.3, -0.25) is 10.6 Å². The molecule has 0 aromatic heterocycles. The fraction of sp³-hybridized carbons (Fsp3) is 0.526. The van der Waals surface area contributed by atoms with Gasteiger partial charge in [0.15, 0.2) is 0 Å². The third-order valence-electron chi connectivity index (χ3n) is 2.82. The van der Waals surface area contributed by atoms with Crippen molar-refractivity contribution in [3.05, 3.63) is 29.8 Å². The minimum atomic E-state index is -0.730. The first-order valence-corrected chi connectivity index (χ1v) is 8.55. The van der Waals surface area contributed by atoms with Crippen LogP contribution in [0.2, 0.25) is 0 Å². The van der Waals surface area contributed by atoms with Crippen LogP contribution in [0.25, 0.3) is 0 Å². The number of nitrogens with one attached hydrogen (secondary N) is 2. The number of alkyl carbamates (subject to hydrolysis) is 2. The summed E-state index contributed by atoms with van der Waals surface area (Å²) >= 11 is 0. The van der Waals surface area contributed by atoms with E-state index in [1.807, 2.05) is 12.1 Å². The smallest absolute Gasteiger partial charge is 0.414 e. The maximum Gasteiger partial charge on any atom is 0.414 e. The molecule has 0 radical (unpaired) electrons. The fourth-order valence-electron chi connectivity index (χ4n) is 1.81. The van der Waals surface area contributed by atoms with Crippen molar-refractivity contribution in [3.8, 4) is 5.75 Å². The molecule has 8 nitrogen and oxygen atoms in total. The number of benzene rings is 1. The van der Waals surface area contributed by atoms with Crippen molar-refractivity contribution in [1.82, 2.24) is 10.6 Å². The van der Waals surface area contributed by atoms with E-state index in [-0.39, 0.29) is 12.5 Å². The molecule has 1 rings (SSSR count). The SMILES string of the molecule is COc1ccc(CN=C(NC(=O)OC(C)(C)C)NC(=O)OC(C)(C)C)cc1. The molecule has 0 aliphatic heterocycles. The first kappa shape index (κ1) is 22.3. The Morgan fingerprint density at radius 2 is 1.33 bits per heavy atom. The van der Waals surface area contributed by atoms with E-state index in [4.69, 9.17) is 14.2 Å². The van der Waals surface area contributed by atoms with E-state index in [9.17, 15) is 9.59 Å². The van der Waals surface area contributed by atoms with Crippen molar-refractivity contribution in [1.29, 1.82) is 0 Å². The second kappa shape index (κ2) is 9.25. The Kier molecular flexibility index (Phi) is 7.63. The molecule has 0 saturated carbocycles. The molecule has 27 heavy (non-hydrogen) atoms. The summed E-state index contributed by atoms with van der Waals surface area (Å²) in [6, 6.07) is 7.27. The molecule has 0 atom stereocenters. The van der Waals surface area contributed by atoms with Gasteiger partial charge in [-0.15, -0.1) is 0 Å². The highest BCUT2D eigenvalue weighted by Crippen LogP contribution is 2.12. The van der Waals surface area contributed by atoms with Crippen LogP contribution >= 0.6 is 0 Å². The van der Waals surface area contributed by atoms with Crippen molar-refractivity contribution in [3.63, 3.8) is 0 Å². The van der Waals surface area contributed by atoms with Crippen molar-refractivity contribution in [2.24, 2.45) is 4.99 Å². The van der Waals surface area contributed by atoms with Crippen LogP contribution in [0.5, 0.6) is 5.75 Å². The molecule has 0 saturated heterocycles. The van der Waals surface area contributed by atoms with Gasteiger partial charge in [0.2, 0.25) is 5.96 Å². The van der Waals surface area contributed by atoms with E-state index >= 15 is 0 Å². The lowest BCUT2D eigenvalue weighted by Crippen LogP contribution is -2.47. The predicted octanol–water partition coefficient (Wildman–Crippen LogP) is 3.60. The van der Waals surface area contributed by atoms with Crippen molar-refractivity contribution < 1.29 is 23.8 Å². The van der Waals surface area contributed by atoms with Gasteiger partial charge < -0.3 is 14.2 Å². The molecular formula is C19H29N3O5. The van der Waals surface area contributed by atoms with E-state index < -0.39 is 23.4 Å². The van der Waals surface area contributed by atoms with Gasteiger partial charge in [0.05, 0.1) is 13.7 Å². The zero-order valence-electron chi connectivity index (χ0n) is 17.0. The van der Waals surface area contributed by atoms with Gasteiger partial charge in [-0.1, -0.05) is 12.1 Å². The molecule has 1 aromatic carbocycles. The first-order chi connectivity index (χ1) is 12.4. The summed E-state index contributed by atoms with van der Waals surface area (Å²) in [5.41, 5.74) is -0.501. The number of nitrogens with zero attached hydrogens (tertiary/aromatic N) is 1. The van der Waals surface area contributed by atoms with Crippen LogP contribution < -0.4 is 15.4 Å². The Morgan fingerprint density at radius 3 is 1.70 bits per heavy atom. The largest absolute Gasteiger partial charge is 0.497 e. The standard InChI is InChI=1S/C19H29N3O5/c1-18(2,3)26-16(23)21-15(22-17(24)27-19(4,5)6)20-12-13-8-10-14(25-7)11-9-13/h8-11H,12H2,1-7H3,(H2,20,21,22,23,24). The molecule has 1 aromatic rings. The summed E-state index contributed by atoms with van der Waals surface area (Å²) in [6.45, 7) is 10.7. The number of aliphatic imine (C=N–C) groups is 1. The zero-order valence-corrected chi connectivity index (χ0v) is 17.0. The van der Waals surface area contributed by atoms with Crippen LogP contribution in [0.4, 0.5) is 9.59 Å². The maximum atomic E-state index is 12.0. The van der Waals surface area contributed by atoms with Gasteiger partial charge in [-0.25, -0.2) is 14.6 Å². The Labute approximate surface area is 160 Å². The third kappa shape index (κ3) is 10.1. The summed E-state index contributed by atoms with van der Waals surface area (Å²) in [4.78, 5) is 28.3. The minimum Gasteiger partial charge on any atom is -0.497 e. The Morgan fingerprint density at radius 1 is 0.889 bits per heavy atom. The molecule has 0 aliphatic carbocycles. The van der Waals surface area contributed by atoms with E-state index in [1.54, 1.807) is 60.8 Å². The van der Waals surface area contributed by atoms with Crippen molar-refractivity contribution in [2.75, 3.05) is 7.11 Å². The van der Waals surface area contributed by atoms with Crippen LogP contribution in [0.3, 0.4) is 0 Å². The molecule has 0 unspecified atom stereocenters. The molecule has 0 bridgehead atoms. The maximum absolute atomic E-state index is 12.0. The molecule has 2 N–H and O–H groups in total. The second-order valence-electron chi connectivity index (χ2n) is 7.77. The summed E-state index contributed by atoms with van der Waals surface area (Å²) < 4.78 is 15.5. The molecule has 0 fully saturated rings. The lowest BCUT2D eigenvalue weighted by Gasteiger charge is -2.22.